The van der Waals surface area contributed by atoms with Crippen molar-refractivity contribution in [1.82, 2.24) is 0 Å². The summed E-state index contributed by atoms with van der Waals surface area (Å²) < 4.78 is 10.6. The smallest absolute Gasteiger partial charge is 0.122 e. The number of hydrogen-bond donors (Lipinski definition) is 0. The minimum atomic E-state index is 0.525. The number of aryl methyl sites for hydroxylation is 1. The molecule has 0 aliphatic carbocycles. The molecule has 0 unspecified atom stereocenters. The molecule has 1 aromatic rings. The average Bonchev–Trinajstić information content (AvgIpc) is 2.27. The summed E-state index contributed by atoms with van der Waals surface area (Å²) in [5, 5.41) is 0. The second-order valence-electron chi connectivity index (χ2n) is 3.48. The fraction of sp³-hybridized carbons (Fsp3) is 0.286. The molecule has 0 heterocycles. The number of rotatable bonds is 7. The van der Waals surface area contributed by atoms with Crippen molar-refractivity contribution < 1.29 is 9.47 Å². The summed E-state index contributed by atoms with van der Waals surface area (Å²) in [7, 11) is 0. The maximum Gasteiger partial charge on any atom is 0.122 e. The van der Waals surface area contributed by atoms with Gasteiger partial charge < -0.3 is 9.47 Å². The third kappa shape index (κ3) is 3.81. The Kier molecular flexibility index (Phi) is 5.20. The Morgan fingerprint density at radius 3 is 2.69 bits per heavy atom. The second-order valence-corrected chi connectivity index (χ2v) is 3.48. The lowest BCUT2D eigenvalue weighted by molar-refractivity contribution is 0.179. The van der Waals surface area contributed by atoms with Crippen molar-refractivity contribution in [3.8, 4) is 5.75 Å². The SMILES string of the molecule is C=CCc1ccc(OCCOC=C)c(C)c1. The van der Waals surface area contributed by atoms with Gasteiger partial charge >= 0.3 is 0 Å². The molecule has 86 valence electrons. The van der Waals surface area contributed by atoms with Crippen LogP contribution >= 0.6 is 0 Å². The van der Waals surface area contributed by atoms with Crippen molar-refractivity contribution in [1.29, 1.82) is 0 Å². The quantitative estimate of drug-likeness (QED) is 0.397. The highest BCUT2D eigenvalue weighted by atomic mass is 16.5. The minimum Gasteiger partial charge on any atom is -0.498 e. The number of benzene rings is 1. The highest BCUT2D eigenvalue weighted by molar-refractivity contribution is 5.36. The number of hydrogen-bond acceptors (Lipinski definition) is 2. The van der Waals surface area contributed by atoms with Gasteiger partial charge in [-0.25, -0.2) is 0 Å². The molecule has 16 heavy (non-hydrogen) atoms. The zero-order valence-corrected chi connectivity index (χ0v) is 9.74. The summed E-state index contributed by atoms with van der Waals surface area (Å²) in [6.07, 6.45) is 4.21. The van der Waals surface area contributed by atoms with Crippen LogP contribution in [0.5, 0.6) is 5.75 Å². The molecule has 0 saturated heterocycles. The lowest BCUT2D eigenvalue weighted by atomic mass is 10.1. The molecule has 2 nitrogen and oxygen atoms in total. The van der Waals surface area contributed by atoms with Crippen LogP contribution in [0.3, 0.4) is 0 Å². The van der Waals surface area contributed by atoms with E-state index in [0.717, 1.165) is 17.7 Å². The van der Waals surface area contributed by atoms with Gasteiger partial charge in [0.2, 0.25) is 0 Å². The zero-order valence-electron chi connectivity index (χ0n) is 9.74. The molecule has 0 saturated carbocycles. The van der Waals surface area contributed by atoms with E-state index in [1.165, 1.54) is 11.8 Å². The van der Waals surface area contributed by atoms with E-state index in [9.17, 15) is 0 Å². The van der Waals surface area contributed by atoms with E-state index in [1.54, 1.807) is 0 Å². The maximum absolute atomic E-state index is 5.57. The van der Waals surface area contributed by atoms with Crippen molar-refractivity contribution in [3.63, 3.8) is 0 Å². The van der Waals surface area contributed by atoms with Crippen LogP contribution in [0, 0.1) is 6.92 Å². The van der Waals surface area contributed by atoms with Crippen molar-refractivity contribution in [2.45, 2.75) is 13.3 Å². The first-order valence-electron chi connectivity index (χ1n) is 5.33. The molecule has 0 amide bonds. The van der Waals surface area contributed by atoms with Crippen molar-refractivity contribution in [3.05, 3.63) is 54.8 Å². The van der Waals surface area contributed by atoms with Gasteiger partial charge in [-0.05, 0) is 30.5 Å². The Labute approximate surface area is 97.2 Å². The molecule has 2 heteroatoms. The Bertz CT molecular complexity index is 356. The maximum atomic E-state index is 5.57. The van der Waals surface area contributed by atoms with Gasteiger partial charge in [-0.1, -0.05) is 24.8 Å². The molecule has 0 atom stereocenters. The third-order valence-corrected chi connectivity index (χ3v) is 2.20. The van der Waals surface area contributed by atoms with Gasteiger partial charge in [-0.15, -0.1) is 6.58 Å². The van der Waals surface area contributed by atoms with E-state index in [4.69, 9.17) is 9.47 Å². The van der Waals surface area contributed by atoms with E-state index in [-0.39, 0.29) is 0 Å². The van der Waals surface area contributed by atoms with E-state index in [0.29, 0.717) is 13.2 Å². The van der Waals surface area contributed by atoms with E-state index >= 15 is 0 Å². The van der Waals surface area contributed by atoms with Crippen LogP contribution in [-0.4, -0.2) is 13.2 Å². The molecule has 0 aromatic heterocycles. The van der Waals surface area contributed by atoms with Crippen molar-refractivity contribution >= 4 is 0 Å². The molecule has 0 fully saturated rings. The third-order valence-electron chi connectivity index (χ3n) is 2.20. The Morgan fingerprint density at radius 2 is 2.06 bits per heavy atom. The first-order valence-corrected chi connectivity index (χ1v) is 5.33. The van der Waals surface area contributed by atoms with E-state index in [2.05, 4.69) is 25.3 Å². The molecular formula is C14H18O2. The van der Waals surface area contributed by atoms with Gasteiger partial charge in [-0.2, -0.15) is 0 Å². The number of ether oxygens (including phenoxy) is 2. The summed E-state index contributed by atoms with van der Waals surface area (Å²) in [6, 6.07) is 6.16. The Hall–Kier alpha value is -1.70. The second kappa shape index (κ2) is 6.72. The lowest BCUT2D eigenvalue weighted by Gasteiger charge is -2.09. The van der Waals surface area contributed by atoms with Crippen molar-refractivity contribution in [2.75, 3.05) is 13.2 Å². The van der Waals surface area contributed by atoms with E-state index in [1.807, 2.05) is 19.1 Å². The molecule has 0 N–H and O–H groups in total. The van der Waals surface area contributed by atoms with Gasteiger partial charge in [-0.3, -0.25) is 0 Å². The first kappa shape index (κ1) is 12.4. The molecule has 1 aromatic carbocycles. The summed E-state index contributed by atoms with van der Waals surface area (Å²) in [6.45, 7) is 10.3. The average molecular weight is 218 g/mol. The molecular weight excluding hydrogens is 200 g/mol. The molecule has 0 spiro atoms. The van der Waals surface area contributed by atoms with Gasteiger partial charge in [0.25, 0.3) is 0 Å². The van der Waals surface area contributed by atoms with Crippen LogP contribution in [0.4, 0.5) is 0 Å². The predicted octanol–water partition coefficient (Wildman–Crippen LogP) is 3.26. The monoisotopic (exact) mass is 218 g/mol. The minimum absolute atomic E-state index is 0.525. The highest BCUT2D eigenvalue weighted by Crippen LogP contribution is 2.19. The summed E-state index contributed by atoms with van der Waals surface area (Å²) in [5.41, 5.74) is 2.39. The summed E-state index contributed by atoms with van der Waals surface area (Å²) >= 11 is 0. The van der Waals surface area contributed by atoms with Crippen LogP contribution in [0.25, 0.3) is 0 Å². The fourth-order valence-electron chi connectivity index (χ4n) is 1.45. The van der Waals surface area contributed by atoms with Gasteiger partial charge in [0.15, 0.2) is 0 Å². The molecule has 0 aliphatic rings. The van der Waals surface area contributed by atoms with Crippen LogP contribution in [0.15, 0.2) is 43.7 Å². The van der Waals surface area contributed by atoms with Gasteiger partial charge in [0.1, 0.15) is 19.0 Å². The van der Waals surface area contributed by atoms with E-state index < -0.39 is 0 Å². The standard InChI is InChI=1S/C14H18O2/c1-4-6-13-7-8-14(12(3)11-13)16-10-9-15-5-2/h4-5,7-8,11H,1-2,6,9-10H2,3H3. The predicted molar refractivity (Wildman–Crippen MR) is 66.7 cm³/mol. The van der Waals surface area contributed by atoms with Crippen LogP contribution in [-0.2, 0) is 11.2 Å². The fourth-order valence-corrected chi connectivity index (χ4v) is 1.45. The van der Waals surface area contributed by atoms with Crippen LogP contribution in [0.1, 0.15) is 11.1 Å². The molecule has 0 radical (unpaired) electrons. The lowest BCUT2D eigenvalue weighted by Crippen LogP contribution is -2.04. The normalized spacial score (nSPS) is 9.56. The summed E-state index contributed by atoms with van der Waals surface area (Å²) in [4.78, 5) is 0. The molecule has 0 aliphatic heterocycles. The molecule has 0 bridgehead atoms. The van der Waals surface area contributed by atoms with Crippen molar-refractivity contribution in [2.24, 2.45) is 0 Å². The van der Waals surface area contributed by atoms with Crippen LogP contribution < -0.4 is 4.74 Å². The number of allylic oxidation sites excluding steroid dienone is 1. The topological polar surface area (TPSA) is 18.5 Å². The Balaban J connectivity index is 2.53. The largest absolute Gasteiger partial charge is 0.498 e. The summed E-state index contributed by atoms with van der Waals surface area (Å²) in [5.74, 6) is 0.903. The highest BCUT2D eigenvalue weighted by Gasteiger charge is 2.00. The van der Waals surface area contributed by atoms with Gasteiger partial charge in [0.05, 0.1) is 6.26 Å². The van der Waals surface area contributed by atoms with Gasteiger partial charge in [0, 0.05) is 0 Å². The van der Waals surface area contributed by atoms with Crippen LogP contribution in [0.2, 0.25) is 0 Å². The molecule has 1 rings (SSSR count). The Morgan fingerprint density at radius 1 is 1.25 bits per heavy atom. The first-order chi connectivity index (χ1) is 7.77. The zero-order chi connectivity index (χ0) is 11.8.